The van der Waals surface area contributed by atoms with Crippen LogP contribution >= 0.6 is 0 Å². The summed E-state index contributed by atoms with van der Waals surface area (Å²) in [5, 5.41) is 0. The highest BCUT2D eigenvalue weighted by atomic mass is 15.2. The van der Waals surface area contributed by atoms with Gasteiger partial charge >= 0.3 is 0 Å². The Hall–Kier alpha value is -1.60. The van der Waals surface area contributed by atoms with Crippen LogP contribution in [0.3, 0.4) is 0 Å². The van der Waals surface area contributed by atoms with Crippen LogP contribution in [0.25, 0.3) is 0 Å². The number of hydrogen-bond acceptors (Lipinski definition) is 1. The van der Waals surface area contributed by atoms with Crippen molar-refractivity contribution >= 4 is 0 Å². The Bertz CT molecular complexity index is 592. The molecule has 2 saturated heterocycles. The van der Waals surface area contributed by atoms with E-state index < -0.39 is 0 Å². The van der Waals surface area contributed by atoms with Crippen LogP contribution in [0, 0.1) is 0 Å². The Morgan fingerprint density at radius 1 is 0.810 bits per heavy atom. The molecule has 0 radical (unpaired) electrons. The molecule has 2 fully saturated rings. The first-order chi connectivity index (χ1) is 10.3. The van der Waals surface area contributed by atoms with E-state index in [1.54, 1.807) is 0 Å². The third-order valence-corrected chi connectivity index (χ3v) is 5.68. The third-order valence-electron chi connectivity index (χ3n) is 5.68. The van der Waals surface area contributed by atoms with Gasteiger partial charge in [-0.1, -0.05) is 60.7 Å². The summed E-state index contributed by atoms with van der Waals surface area (Å²) < 4.78 is 0. The zero-order valence-electron chi connectivity index (χ0n) is 12.7. The second-order valence-corrected chi connectivity index (χ2v) is 6.65. The standard InChI is InChI=1S/C20H23N/c1-21-17-12-13-19(21)20(16-10-6-3-7-11-16)18(14-17)15-8-4-2-5-9-15/h2-11,17-20H,12-14H2,1H3/t17?,18-,19?,20+/m0/s1. The fraction of sp³-hybridized carbons (Fsp3) is 0.400. The van der Waals surface area contributed by atoms with Crippen LogP contribution in [0.2, 0.25) is 0 Å². The van der Waals surface area contributed by atoms with Gasteiger partial charge in [0.2, 0.25) is 0 Å². The molecule has 0 spiro atoms. The highest BCUT2D eigenvalue weighted by Gasteiger charge is 2.46. The Labute approximate surface area is 127 Å². The predicted octanol–water partition coefficient (Wildman–Crippen LogP) is 4.42. The predicted molar refractivity (Wildman–Crippen MR) is 87.6 cm³/mol. The average Bonchev–Trinajstić information content (AvgIpc) is 2.79. The lowest BCUT2D eigenvalue weighted by Gasteiger charge is -2.43. The van der Waals surface area contributed by atoms with Crippen molar-refractivity contribution in [2.75, 3.05) is 7.05 Å². The van der Waals surface area contributed by atoms with Gasteiger partial charge in [-0.25, -0.2) is 0 Å². The van der Waals surface area contributed by atoms with Gasteiger partial charge in [0, 0.05) is 18.0 Å². The first kappa shape index (κ1) is 13.1. The van der Waals surface area contributed by atoms with Crippen LogP contribution in [0.4, 0.5) is 0 Å². The molecule has 21 heavy (non-hydrogen) atoms. The minimum Gasteiger partial charge on any atom is -0.300 e. The minimum absolute atomic E-state index is 0.636. The highest BCUT2D eigenvalue weighted by Crippen LogP contribution is 2.50. The van der Waals surface area contributed by atoms with E-state index in [1.165, 1.54) is 30.4 Å². The molecule has 2 heterocycles. The van der Waals surface area contributed by atoms with E-state index >= 15 is 0 Å². The van der Waals surface area contributed by atoms with E-state index in [4.69, 9.17) is 0 Å². The quantitative estimate of drug-likeness (QED) is 0.785. The summed E-state index contributed by atoms with van der Waals surface area (Å²) in [6, 6.07) is 23.8. The zero-order valence-corrected chi connectivity index (χ0v) is 12.7. The lowest BCUT2D eigenvalue weighted by atomic mass is 9.73. The van der Waals surface area contributed by atoms with Crippen molar-refractivity contribution in [3.8, 4) is 0 Å². The maximum Gasteiger partial charge on any atom is 0.0170 e. The number of nitrogens with zero attached hydrogens (tertiary/aromatic N) is 1. The molecule has 2 aromatic rings. The number of fused-ring (bicyclic) bond motifs is 2. The van der Waals surface area contributed by atoms with E-state index in [1.807, 2.05) is 0 Å². The summed E-state index contributed by atoms with van der Waals surface area (Å²) in [5.74, 6) is 1.31. The van der Waals surface area contributed by atoms with Crippen molar-refractivity contribution < 1.29 is 0 Å². The lowest BCUT2D eigenvalue weighted by Crippen LogP contribution is -2.44. The number of hydrogen-bond donors (Lipinski definition) is 0. The summed E-state index contributed by atoms with van der Waals surface area (Å²) in [5.41, 5.74) is 3.04. The van der Waals surface area contributed by atoms with Crippen LogP contribution < -0.4 is 0 Å². The van der Waals surface area contributed by atoms with Gasteiger partial charge in [-0.05, 0) is 43.4 Å². The molecule has 2 aliphatic heterocycles. The lowest BCUT2D eigenvalue weighted by molar-refractivity contribution is 0.137. The number of benzene rings is 2. The molecule has 0 aromatic heterocycles. The van der Waals surface area contributed by atoms with Gasteiger partial charge in [0.15, 0.2) is 0 Å². The average molecular weight is 277 g/mol. The molecule has 0 saturated carbocycles. The van der Waals surface area contributed by atoms with Crippen molar-refractivity contribution in [1.82, 2.24) is 4.90 Å². The highest BCUT2D eigenvalue weighted by molar-refractivity contribution is 5.32. The molecule has 2 unspecified atom stereocenters. The normalized spacial score (nSPS) is 32.2. The van der Waals surface area contributed by atoms with Gasteiger partial charge in [0.1, 0.15) is 0 Å². The van der Waals surface area contributed by atoms with Crippen LogP contribution in [-0.2, 0) is 0 Å². The SMILES string of the molecule is CN1C2CCC1[C@H](c1ccccc1)[C@H](c1ccccc1)C2. The van der Waals surface area contributed by atoms with Crippen LogP contribution in [-0.4, -0.2) is 24.0 Å². The molecule has 2 bridgehead atoms. The first-order valence-electron chi connectivity index (χ1n) is 8.16. The maximum absolute atomic E-state index is 2.65. The van der Waals surface area contributed by atoms with Gasteiger partial charge in [-0.3, -0.25) is 4.90 Å². The second kappa shape index (κ2) is 5.31. The third kappa shape index (κ3) is 2.20. The van der Waals surface area contributed by atoms with E-state index in [0.29, 0.717) is 17.9 Å². The summed E-state index contributed by atoms with van der Waals surface area (Å²) >= 11 is 0. The maximum atomic E-state index is 2.65. The van der Waals surface area contributed by atoms with Gasteiger partial charge in [-0.2, -0.15) is 0 Å². The van der Waals surface area contributed by atoms with E-state index in [-0.39, 0.29) is 0 Å². The summed E-state index contributed by atoms with van der Waals surface area (Å²) in [7, 11) is 2.33. The molecule has 0 amide bonds. The van der Waals surface area contributed by atoms with Crippen molar-refractivity contribution in [2.45, 2.75) is 43.2 Å². The topological polar surface area (TPSA) is 3.24 Å². The molecule has 4 rings (SSSR count). The van der Waals surface area contributed by atoms with E-state index in [0.717, 1.165) is 6.04 Å². The molecule has 1 nitrogen and oxygen atoms in total. The molecule has 1 heteroatoms. The van der Waals surface area contributed by atoms with Crippen molar-refractivity contribution in [1.29, 1.82) is 0 Å². The zero-order chi connectivity index (χ0) is 14.2. The largest absolute Gasteiger partial charge is 0.300 e. The molecule has 0 aliphatic carbocycles. The molecule has 108 valence electrons. The second-order valence-electron chi connectivity index (χ2n) is 6.65. The van der Waals surface area contributed by atoms with Crippen LogP contribution in [0.5, 0.6) is 0 Å². The van der Waals surface area contributed by atoms with Crippen LogP contribution in [0.15, 0.2) is 60.7 Å². The fourth-order valence-corrected chi connectivity index (χ4v) is 4.64. The Kier molecular flexibility index (Phi) is 3.31. The molecule has 0 N–H and O–H groups in total. The van der Waals surface area contributed by atoms with Crippen molar-refractivity contribution in [3.63, 3.8) is 0 Å². The Morgan fingerprint density at radius 3 is 2.10 bits per heavy atom. The fourth-order valence-electron chi connectivity index (χ4n) is 4.64. The number of likely N-dealkylation sites (N-methyl/N-ethyl adjacent to an activating group) is 1. The van der Waals surface area contributed by atoms with Gasteiger partial charge in [0.05, 0.1) is 0 Å². The van der Waals surface area contributed by atoms with E-state index in [9.17, 15) is 0 Å². The molecular weight excluding hydrogens is 254 g/mol. The molecule has 2 aromatic carbocycles. The summed E-state index contributed by atoms with van der Waals surface area (Å²) in [4.78, 5) is 2.65. The smallest absolute Gasteiger partial charge is 0.0170 e. The first-order valence-corrected chi connectivity index (χ1v) is 8.16. The van der Waals surface area contributed by atoms with E-state index in [2.05, 4.69) is 72.6 Å². The molecule has 4 atom stereocenters. The van der Waals surface area contributed by atoms with Crippen molar-refractivity contribution in [3.05, 3.63) is 71.8 Å². The van der Waals surface area contributed by atoms with Gasteiger partial charge in [0.25, 0.3) is 0 Å². The molecular formula is C20H23N. The summed E-state index contributed by atoms with van der Waals surface area (Å²) in [6.07, 6.45) is 4.02. The number of rotatable bonds is 2. The Balaban J connectivity index is 1.77. The van der Waals surface area contributed by atoms with Gasteiger partial charge in [-0.15, -0.1) is 0 Å². The number of piperidine rings is 1. The molecule has 2 aliphatic rings. The Morgan fingerprint density at radius 2 is 1.43 bits per heavy atom. The van der Waals surface area contributed by atoms with Crippen molar-refractivity contribution in [2.24, 2.45) is 0 Å². The van der Waals surface area contributed by atoms with Crippen LogP contribution in [0.1, 0.15) is 42.2 Å². The summed E-state index contributed by atoms with van der Waals surface area (Å²) in [6.45, 7) is 0. The van der Waals surface area contributed by atoms with Gasteiger partial charge < -0.3 is 0 Å². The monoisotopic (exact) mass is 277 g/mol. The minimum atomic E-state index is 0.636.